The van der Waals surface area contributed by atoms with E-state index in [1.54, 1.807) is 38.0 Å². The van der Waals surface area contributed by atoms with Crippen molar-refractivity contribution in [2.75, 3.05) is 41.3 Å². The smallest absolute Gasteiger partial charge is 0.239 e. The van der Waals surface area contributed by atoms with Gasteiger partial charge in [-0.05, 0) is 27.9 Å². The van der Waals surface area contributed by atoms with Gasteiger partial charge in [-0.2, -0.15) is 0 Å². The molecule has 2 atom stereocenters. The number of hydrogen-bond acceptors (Lipinski definition) is 4. The molecule has 0 aromatic carbocycles. The number of likely N-dealkylation sites (N-methyl/N-ethyl adjacent to an activating group) is 4. The van der Waals surface area contributed by atoms with Gasteiger partial charge in [0, 0.05) is 27.2 Å². The molecule has 6 nitrogen and oxygen atoms in total. The first-order chi connectivity index (χ1) is 8.34. The maximum Gasteiger partial charge on any atom is 0.239 e. The van der Waals surface area contributed by atoms with Crippen molar-refractivity contribution in [3.8, 4) is 0 Å². The van der Waals surface area contributed by atoms with Crippen LogP contribution < -0.4 is 10.6 Å². The quantitative estimate of drug-likeness (QED) is 0.622. The van der Waals surface area contributed by atoms with Gasteiger partial charge in [0.05, 0.1) is 12.1 Å². The Bertz CT molecular complexity index is 255. The molecule has 0 aromatic rings. The van der Waals surface area contributed by atoms with E-state index in [0.717, 1.165) is 0 Å². The zero-order valence-corrected chi connectivity index (χ0v) is 12.3. The average molecular weight is 258 g/mol. The van der Waals surface area contributed by atoms with E-state index >= 15 is 0 Å². The number of carbonyl (C=O) groups excluding carboxylic acids is 2. The summed E-state index contributed by atoms with van der Waals surface area (Å²) in [4.78, 5) is 26.9. The van der Waals surface area contributed by atoms with Gasteiger partial charge in [-0.3, -0.25) is 9.59 Å². The van der Waals surface area contributed by atoms with Crippen LogP contribution in [0.25, 0.3) is 0 Å². The van der Waals surface area contributed by atoms with Crippen LogP contribution in [-0.2, 0) is 9.59 Å². The lowest BCUT2D eigenvalue weighted by Gasteiger charge is -2.26. The van der Waals surface area contributed by atoms with Crippen molar-refractivity contribution in [1.29, 1.82) is 0 Å². The van der Waals surface area contributed by atoms with E-state index in [0.29, 0.717) is 13.1 Å². The van der Waals surface area contributed by atoms with E-state index < -0.39 is 0 Å². The number of nitrogens with zero attached hydrogens (tertiary/aromatic N) is 2. The van der Waals surface area contributed by atoms with Gasteiger partial charge < -0.3 is 20.4 Å². The fraction of sp³-hybridized carbons (Fsp3) is 0.833. The molecular weight excluding hydrogens is 232 g/mol. The second kappa shape index (κ2) is 8.05. The van der Waals surface area contributed by atoms with Crippen LogP contribution in [0.2, 0.25) is 0 Å². The normalized spacial score (nSPS) is 13.9. The Hall–Kier alpha value is -1.14. The molecule has 6 heteroatoms. The molecule has 106 valence electrons. The van der Waals surface area contributed by atoms with E-state index in [1.165, 1.54) is 0 Å². The molecule has 0 aliphatic rings. The zero-order valence-electron chi connectivity index (χ0n) is 12.3. The Kier molecular flexibility index (Phi) is 7.54. The molecule has 0 bridgehead atoms. The summed E-state index contributed by atoms with van der Waals surface area (Å²) in [5.41, 5.74) is 0. The van der Waals surface area contributed by atoms with Crippen LogP contribution in [0.1, 0.15) is 13.8 Å². The summed E-state index contributed by atoms with van der Waals surface area (Å²) < 4.78 is 0. The Balaban J connectivity index is 4.17. The number of hydrogen-bond donors (Lipinski definition) is 2. The van der Waals surface area contributed by atoms with Crippen molar-refractivity contribution >= 4 is 11.8 Å². The molecule has 0 unspecified atom stereocenters. The van der Waals surface area contributed by atoms with Crippen LogP contribution in [-0.4, -0.2) is 75.0 Å². The number of nitrogens with one attached hydrogen (secondary N) is 2. The van der Waals surface area contributed by atoms with Gasteiger partial charge in [-0.15, -0.1) is 0 Å². The first kappa shape index (κ1) is 16.9. The third-order valence-electron chi connectivity index (χ3n) is 3.13. The summed E-state index contributed by atoms with van der Waals surface area (Å²) in [6, 6.07) is -0.403. The number of rotatable bonds is 7. The second-order valence-electron chi connectivity index (χ2n) is 4.54. The highest BCUT2D eigenvalue weighted by molar-refractivity contribution is 5.82. The lowest BCUT2D eigenvalue weighted by Crippen LogP contribution is -2.47. The SMILES string of the molecule is CN[C@@H](C)C(=O)N(C)CCN(C)C(=O)[C@H](C)NC. The first-order valence-corrected chi connectivity index (χ1v) is 6.19. The predicted octanol–water partition coefficient (Wildman–Crippen LogP) is -0.881. The highest BCUT2D eigenvalue weighted by Crippen LogP contribution is 1.95. The molecule has 18 heavy (non-hydrogen) atoms. The summed E-state index contributed by atoms with van der Waals surface area (Å²) in [7, 11) is 6.99. The van der Waals surface area contributed by atoms with Crippen LogP contribution in [0.5, 0.6) is 0 Å². The van der Waals surface area contributed by atoms with Crippen LogP contribution >= 0.6 is 0 Å². The van der Waals surface area contributed by atoms with Gasteiger partial charge in [0.25, 0.3) is 0 Å². The monoisotopic (exact) mass is 258 g/mol. The summed E-state index contributed by atoms with van der Waals surface area (Å²) in [5.74, 6) is 0.0556. The molecule has 2 N–H and O–H groups in total. The maximum absolute atomic E-state index is 11.8. The van der Waals surface area contributed by atoms with Gasteiger partial charge in [-0.25, -0.2) is 0 Å². The molecule has 0 aliphatic heterocycles. The third-order valence-corrected chi connectivity index (χ3v) is 3.13. The molecule has 0 rings (SSSR count). The standard InChI is InChI=1S/C12H26N4O2/c1-9(13-3)11(17)15(5)7-8-16(6)12(18)10(2)14-4/h9-10,13-14H,7-8H2,1-6H3/t9-,10-/m0/s1. The van der Waals surface area contributed by atoms with E-state index in [9.17, 15) is 9.59 Å². The van der Waals surface area contributed by atoms with E-state index in [1.807, 2.05) is 13.8 Å². The minimum atomic E-state index is -0.202. The number of amides is 2. The fourth-order valence-corrected chi connectivity index (χ4v) is 1.43. The molecule has 0 radical (unpaired) electrons. The van der Waals surface area contributed by atoms with Gasteiger partial charge in [-0.1, -0.05) is 0 Å². The first-order valence-electron chi connectivity index (χ1n) is 6.19. The molecule has 0 saturated heterocycles. The van der Waals surface area contributed by atoms with E-state index in [2.05, 4.69) is 10.6 Å². The molecule has 0 aromatic heterocycles. The zero-order chi connectivity index (χ0) is 14.3. The molecular formula is C12H26N4O2. The van der Waals surface area contributed by atoms with Gasteiger partial charge in [0.2, 0.25) is 11.8 Å². The van der Waals surface area contributed by atoms with Gasteiger partial charge in [0.1, 0.15) is 0 Å². The van der Waals surface area contributed by atoms with Crippen LogP contribution in [0.15, 0.2) is 0 Å². The summed E-state index contributed by atoms with van der Waals surface area (Å²) in [6.07, 6.45) is 0. The lowest BCUT2D eigenvalue weighted by atomic mass is 10.3. The Labute approximate surface area is 110 Å². The van der Waals surface area contributed by atoms with Gasteiger partial charge >= 0.3 is 0 Å². The Morgan fingerprint density at radius 2 is 1.17 bits per heavy atom. The van der Waals surface area contributed by atoms with Crippen LogP contribution in [0.3, 0.4) is 0 Å². The third kappa shape index (κ3) is 5.01. The van der Waals surface area contributed by atoms with Crippen molar-refractivity contribution in [2.45, 2.75) is 25.9 Å². The van der Waals surface area contributed by atoms with Crippen molar-refractivity contribution in [2.24, 2.45) is 0 Å². The van der Waals surface area contributed by atoms with Crippen molar-refractivity contribution in [3.63, 3.8) is 0 Å². The second-order valence-corrected chi connectivity index (χ2v) is 4.54. The van der Waals surface area contributed by atoms with Crippen molar-refractivity contribution in [3.05, 3.63) is 0 Å². The lowest BCUT2D eigenvalue weighted by molar-refractivity contribution is -0.135. The fourth-order valence-electron chi connectivity index (χ4n) is 1.43. The van der Waals surface area contributed by atoms with Crippen LogP contribution in [0.4, 0.5) is 0 Å². The highest BCUT2D eigenvalue weighted by atomic mass is 16.2. The van der Waals surface area contributed by atoms with Crippen molar-refractivity contribution in [1.82, 2.24) is 20.4 Å². The summed E-state index contributed by atoms with van der Waals surface area (Å²) >= 11 is 0. The maximum atomic E-state index is 11.8. The van der Waals surface area contributed by atoms with Crippen molar-refractivity contribution < 1.29 is 9.59 Å². The summed E-state index contributed by atoms with van der Waals surface area (Å²) in [5, 5.41) is 5.80. The van der Waals surface area contributed by atoms with Crippen LogP contribution in [0, 0.1) is 0 Å². The molecule has 0 spiro atoms. The average Bonchev–Trinajstić information content (AvgIpc) is 2.40. The number of carbonyl (C=O) groups is 2. The van der Waals surface area contributed by atoms with E-state index in [4.69, 9.17) is 0 Å². The molecule has 0 heterocycles. The largest absolute Gasteiger partial charge is 0.343 e. The van der Waals surface area contributed by atoms with E-state index in [-0.39, 0.29) is 23.9 Å². The highest BCUT2D eigenvalue weighted by Gasteiger charge is 2.18. The Morgan fingerprint density at radius 3 is 1.39 bits per heavy atom. The molecule has 0 fully saturated rings. The summed E-state index contributed by atoms with van der Waals surface area (Å²) in [6.45, 7) is 4.70. The topological polar surface area (TPSA) is 64.7 Å². The minimum absolute atomic E-state index is 0.0278. The Morgan fingerprint density at radius 1 is 0.889 bits per heavy atom. The molecule has 2 amide bonds. The minimum Gasteiger partial charge on any atom is -0.343 e. The predicted molar refractivity (Wildman–Crippen MR) is 72.3 cm³/mol. The molecule has 0 saturated carbocycles. The molecule has 0 aliphatic carbocycles. The van der Waals surface area contributed by atoms with Gasteiger partial charge in [0.15, 0.2) is 0 Å².